The normalized spacial score (nSPS) is 10.6. The summed E-state index contributed by atoms with van der Waals surface area (Å²) >= 11 is 0. The van der Waals surface area contributed by atoms with Crippen LogP contribution in [0.15, 0.2) is 67.0 Å². The number of benzene rings is 2. The number of halogens is 2. The van der Waals surface area contributed by atoms with Gasteiger partial charge in [-0.2, -0.15) is 0 Å². The fourth-order valence-corrected chi connectivity index (χ4v) is 3.88. The molecule has 2 aromatic heterocycles. The van der Waals surface area contributed by atoms with E-state index < -0.39 is 17.7 Å². The van der Waals surface area contributed by atoms with E-state index in [1.165, 1.54) is 37.6 Å². The molecule has 0 aliphatic heterocycles. The number of aromatic nitrogens is 2. The molecule has 0 saturated heterocycles. The third-order valence-electron chi connectivity index (χ3n) is 6.06. The molecule has 0 aliphatic carbocycles. The van der Waals surface area contributed by atoms with Gasteiger partial charge in [0.05, 0.1) is 42.0 Å². The molecule has 224 valence electrons. The van der Waals surface area contributed by atoms with Gasteiger partial charge in [0, 0.05) is 31.1 Å². The third kappa shape index (κ3) is 8.84. The van der Waals surface area contributed by atoms with E-state index in [4.69, 9.17) is 4.74 Å². The van der Waals surface area contributed by atoms with E-state index in [0.29, 0.717) is 42.2 Å². The number of esters is 1. The van der Waals surface area contributed by atoms with Gasteiger partial charge in [-0.25, -0.2) is 13.6 Å². The van der Waals surface area contributed by atoms with Crippen molar-refractivity contribution in [3.63, 3.8) is 0 Å². The summed E-state index contributed by atoms with van der Waals surface area (Å²) in [5, 5.41) is 10.4. The third-order valence-corrected chi connectivity index (χ3v) is 6.06. The number of methoxy groups -OCH3 is 1. The first-order chi connectivity index (χ1) is 20.7. The SMILES string of the molecule is COC(=O)CNCCCNC(=O)c1c[nH]c(-c2cc(Oc3ccc(NC(=O)Nc4cc(C)ccc4F)c(F)c3)ccn2)c1. The molecule has 4 aromatic rings. The Morgan fingerprint density at radius 2 is 1.70 bits per heavy atom. The second-order valence-corrected chi connectivity index (χ2v) is 9.35. The van der Waals surface area contributed by atoms with Crippen molar-refractivity contribution < 1.29 is 32.6 Å². The van der Waals surface area contributed by atoms with Crippen LogP contribution in [0.3, 0.4) is 0 Å². The summed E-state index contributed by atoms with van der Waals surface area (Å²) in [4.78, 5) is 43.1. The molecule has 2 aromatic carbocycles. The van der Waals surface area contributed by atoms with Crippen LogP contribution in [0.4, 0.5) is 25.0 Å². The van der Waals surface area contributed by atoms with Crippen molar-refractivity contribution in [2.75, 3.05) is 37.4 Å². The Labute approximate surface area is 246 Å². The lowest BCUT2D eigenvalue weighted by atomic mass is 10.2. The molecule has 0 unspecified atom stereocenters. The number of hydrogen-bond acceptors (Lipinski definition) is 7. The van der Waals surface area contributed by atoms with Crippen molar-refractivity contribution in [3.8, 4) is 22.9 Å². The number of ether oxygens (including phenoxy) is 2. The molecular weight excluding hydrogens is 562 g/mol. The van der Waals surface area contributed by atoms with Gasteiger partial charge < -0.3 is 35.7 Å². The number of nitrogens with one attached hydrogen (secondary N) is 5. The van der Waals surface area contributed by atoms with Gasteiger partial charge in [0.15, 0.2) is 0 Å². The highest BCUT2D eigenvalue weighted by Gasteiger charge is 2.13. The van der Waals surface area contributed by atoms with Crippen LogP contribution in [0.1, 0.15) is 22.3 Å². The first kappa shape index (κ1) is 30.7. The number of carbonyl (C=O) groups is 3. The second kappa shape index (κ2) is 14.5. The molecule has 0 atom stereocenters. The number of carbonyl (C=O) groups excluding carboxylic acids is 3. The van der Waals surface area contributed by atoms with Crippen LogP contribution in [0.5, 0.6) is 11.5 Å². The Kier molecular flexibility index (Phi) is 10.4. The zero-order valence-electron chi connectivity index (χ0n) is 23.4. The topological polar surface area (TPSA) is 146 Å². The van der Waals surface area contributed by atoms with Crippen LogP contribution in [0.25, 0.3) is 11.4 Å². The standard InChI is InChI=1S/C30H30F2N6O5/c1-18-4-6-22(31)25(12-18)38-30(41)37-24-7-5-20(14-23(24)32)43-21-8-11-34-27(15-21)26-13-19(16-36-26)29(40)35-10-3-9-33-17-28(39)42-2/h4-8,11-16,33,36H,3,9-10,17H2,1-2H3,(H,35,40)(H2,37,38,41). The minimum absolute atomic E-state index is 0.0252. The van der Waals surface area contributed by atoms with E-state index in [-0.39, 0.29) is 35.5 Å². The predicted octanol–water partition coefficient (Wildman–Crippen LogP) is 4.98. The van der Waals surface area contributed by atoms with Crippen LogP contribution < -0.4 is 26.0 Å². The quantitative estimate of drug-likeness (QED) is 0.115. The highest BCUT2D eigenvalue weighted by molar-refractivity contribution is 6.00. The van der Waals surface area contributed by atoms with Crippen molar-refractivity contribution in [2.45, 2.75) is 13.3 Å². The van der Waals surface area contributed by atoms with Crippen molar-refractivity contribution in [2.24, 2.45) is 0 Å². The summed E-state index contributed by atoms with van der Waals surface area (Å²) in [7, 11) is 1.32. The van der Waals surface area contributed by atoms with E-state index in [0.717, 1.165) is 11.6 Å². The van der Waals surface area contributed by atoms with Gasteiger partial charge in [0.1, 0.15) is 23.1 Å². The maximum absolute atomic E-state index is 14.7. The van der Waals surface area contributed by atoms with Crippen LogP contribution in [-0.2, 0) is 9.53 Å². The van der Waals surface area contributed by atoms with Crippen LogP contribution in [0.2, 0.25) is 0 Å². The first-order valence-electron chi connectivity index (χ1n) is 13.2. The number of aromatic amines is 1. The van der Waals surface area contributed by atoms with E-state index in [1.807, 2.05) is 0 Å². The predicted molar refractivity (Wildman–Crippen MR) is 156 cm³/mol. The summed E-state index contributed by atoms with van der Waals surface area (Å²) in [5.74, 6) is -1.48. The number of nitrogens with zero attached hydrogens (tertiary/aromatic N) is 1. The molecule has 0 aliphatic rings. The maximum atomic E-state index is 14.7. The Morgan fingerprint density at radius 3 is 2.49 bits per heavy atom. The summed E-state index contributed by atoms with van der Waals surface area (Å²) < 4.78 is 39.0. The number of amides is 3. The van der Waals surface area contributed by atoms with Crippen molar-refractivity contribution in [1.82, 2.24) is 20.6 Å². The maximum Gasteiger partial charge on any atom is 0.323 e. The van der Waals surface area contributed by atoms with Gasteiger partial charge in [-0.15, -0.1) is 0 Å². The Morgan fingerprint density at radius 1 is 0.907 bits per heavy atom. The highest BCUT2D eigenvalue weighted by atomic mass is 19.1. The lowest BCUT2D eigenvalue weighted by Gasteiger charge is -2.11. The molecule has 2 heterocycles. The van der Waals surface area contributed by atoms with Crippen molar-refractivity contribution in [3.05, 3.63) is 89.8 Å². The molecule has 4 rings (SSSR count). The number of rotatable bonds is 12. The lowest BCUT2D eigenvalue weighted by molar-refractivity contribution is -0.139. The van der Waals surface area contributed by atoms with Gasteiger partial charge in [0.25, 0.3) is 5.91 Å². The molecule has 0 bridgehead atoms. The van der Waals surface area contributed by atoms with Gasteiger partial charge in [0.2, 0.25) is 0 Å². The fourth-order valence-electron chi connectivity index (χ4n) is 3.88. The first-order valence-corrected chi connectivity index (χ1v) is 13.2. The molecule has 5 N–H and O–H groups in total. The van der Waals surface area contributed by atoms with Crippen molar-refractivity contribution >= 4 is 29.3 Å². The lowest BCUT2D eigenvalue weighted by Crippen LogP contribution is -2.29. The number of anilines is 2. The van der Waals surface area contributed by atoms with Gasteiger partial charge in [-0.3, -0.25) is 14.6 Å². The summed E-state index contributed by atoms with van der Waals surface area (Å²) in [6, 6.07) is 12.2. The van der Waals surface area contributed by atoms with Gasteiger partial charge >= 0.3 is 12.0 Å². The van der Waals surface area contributed by atoms with Crippen LogP contribution in [0, 0.1) is 18.6 Å². The number of urea groups is 1. The summed E-state index contributed by atoms with van der Waals surface area (Å²) in [5.41, 5.74) is 2.07. The Hall–Kier alpha value is -5.30. The molecule has 43 heavy (non-hydrogen) atoms. The van der Waals surface area contributed by atoms with E-state index in [9.17, 15) is 23.2 Å². The zero-order chi connectivity index (χ0) is 30.8. The monoisotopic (exact) mass is 592 g/mol. The molecule has 13 heteroatoms. The highest BCUT2D eigenvalue weighted by Crippen LogP contribution is 2.28. The molecule has 0 spiro atoms. The molecule has 11 nitrogen and oxygen atoms in total. The molecule has 0 fully saturated rings. The minimum Gasteiger partial charge on any atom is -0.468 e. The second-order valence-electron chi connectivity index (χ2n) is 9.35. The average Bonchev–Trinajstić information content (AvgIpc) is 3.49. The number of aryl methyl sites for hydroxylation is 1. The Bertz CT molecular complexity index is 1610. The van der Waals surface area contributed by atoms with Gasteiger partial charge in [-0.05, 0) is 61.9 Å². The molecular formula is C30H30F2N6O5. The largest absolute Gasteiger partial charge is 0.468 e. The molecule has 3 amide bonds. The van der Waals surface area contributed by atoms with Crippen LogP contribution in [-0.4, -0.2) is 54.6 Å². The average molecular weight is 593 g/mol. The fraction of sp³-hybridized carbons (Fsp3) is 0.200. The summed E-state index contributed by atoms with van der Waals surface area (Å²) in [6.45, 7) is 2.81. The van der Waals surface area contributed by atoms with E-state index in [2.05, 4.69) is 36.0 Å². The number of hydrogen-bond donors (Lipinski definition) is 5. The molecule has 0 radical (unpaired) electrons. The van der Waals surface area contributed by atoms with Crippen molar-refractivity contribution in [1.29, 1.82) is 0 Å². The Balaban J connectivity index is 1.31. The van der Waals surface area contributed by atoms with E-state index in [1.54, 1.807) is 37.4 Å². The summed E-state index contributed by atoms with van der Waals surface area (Å²) in [6.07, 6.45) is 3.69. The molecule has 0 saturated carbocycles. The smallest absolute Gasteiger partial charge is 0.323 e. The number of H-pyrrole nitrogens is 1. The van der Waals surface area contributed by atoms with Gasteiger partial charge in [-0.1, -0.05) is 6.07 Å². The minimum atomic E-state index is -0.803. The van der Waals surface area contributed by atoms with Crippen LogP contribution >= 0.6 is 0 Å². The van der Waals surface area contributed by atoms with E-state index >= 15 is 0 Å². The zero-order valence-corrected chi connectivity index (χ0v) is 23.4. The number of pyridine rings is 1.